The van der Waals surface area contributed by atoms with Crippen molar-refractivity contribution in [3.63, 3.8) is 0 Å². The maximum atomic E-state index is 12.5. The van der Waals surface area contributed by atoms with Gasteiger partial charge < -0.3 is 9.64 Å². The van der Waals surface area contributed by atoms with E-state index in [1.165, 1.54) is 18.2 Å². The monoisotopic (exact) mass is 428 g/mol. The van der Waals surface area contributed by atoms with Crippen molar-refractivity contribution in [2.45, 2.75) is 11.8 Å². The number of hydrogen-bond acceptors (Lipinski definition) is 7. The lowest BCUT2D eigenvalue weighted by Crippen LogP contribution is -2.31. The number of anilines is 1. The topological polar surface area (TPSA) is 101 Å². The van der Waals surface area contributed by atoms with Gasteiger partial charge >= 0.3 is 0 Å². The molecule has 0 fully saturated rings. The molecule has 1 aromatic carbocycles. The number of benzene rings is 1. The number of nitrogens with zero attached hydrogens (tertiary/aromatic N) is 3. The number of halogens is 1. The Balaban J connectivity index is 2.29. The number of hydrogen-bond donors (Lipinski definition) is 1. The minimum absolute atomic E-state index is 0.109. The van der Waals surface area contributed by atoms with Gasteiger partial charge in [0, 0.05) is 18.6 Å². The lowest BCUT2D eigenvalue weighted by Gasteiger charge is -2.12. The molecule has 25 heavy (non-hydrogen) atoms. The van der Waals surface area contributed by atoms with E-state index in [-0.39, 0.29) is 22.9 Å². The van der Waals surface area contributed by atoms with Gasteiger partial charge in [0.1, 0.15) is 10.6 Å². The van der Waals surface area contributed by atoms with Crippen molar-refractivity contribution in [1.82, 2.24) is 14.9 Å². The molecule has 0 saturated carbocycles. The van der Waals surface area contributed by atoms with Gasteiger partial charge in [-0.1, -0.05) is 15.9 Å². The zero-order valence-electron chi connectivity index (χ0n) is 13.9. The summed E-state index contributed by atoms with van der Waals surface area (Å²) in [5, 5.41) is 7.60. The first kappa shape index (κ1) is 19.1. The molecule has 0 atom stereocenters. The van der Waals surface area contributed by atoms with E-state index in [9.17, 15) is 13.2 Å². The van der Waals surface area contributed by atoms with Crippen molar-refractivity contribution in [2.75, 3.05) is 25.6 Å². The van der Waals surface area contributed by atoms with Crippen LogP contribution in [0.5, 0.6) is 5.75 Å². The van der Waals surface area contributed by atoms with Crippen LogP contribution < -0.4 is 14.4 Å². The predicted octanol–water partition coefficient (Wildman–Crippen LogP) is 1.82. The highest BCUT2D eigenvalue weighted by Crippen LogP contribution is 2.27. The number of nitrogens with one attached hydrogen (secondary N) is 1. The lowest BCUT2D eigenvalue weighted by molar-refractivity contribution is 0.0975. The van der Waals surface area contributed by atoms with Crippen LogP contribution >= 0.6 is 15.9 Å². The van der Waals surface area contributed by atoms with Gasteiger partial charge in [0.05, 0.1) is 6.61 Å². The molecule has 0 radical (unpaired) electrons. The van der Waals surface area contributed by atoms with Gasteiger partial charge in [-0.05, 0) is 37.3 Å². The van der Waals surface area contributed by atoms with E-state index in [0.717, 1.165) is 0 Å². The van der Waals surface area contributed by atoms with Crippen molar-refractivity contribution in [2.24, 2.45) is 0 Å². The molecule has 0 aliphatic heterocycles. The number of carbonyl (C=O) groups excluding carboxylic acids is 1. The maximum Gasteiger partial charge on any atom is 0.285 e. The molecule has 2 rings (SSSR count). The minimum atomic E-state index is -4.14. The molecule has 1 aromatic heterocycles. The number of carbonyl (C=O) groups is 1. The molecule has 10 heteroatoms. The fourth-order valence-corrected chi connectivity index (χ4v) is 3.53. The van der Waals surface area contributed by atoms with Gasteiger partial charge in [0.25, 0.3) is 15.9 Å². The van der Waals surface area contributed by atoms with Gasteiger partial charge in [-0.15, -0.1) is 10.2 Å². The Hall–Kier alpha value is -2.20. The van der Waals surface area contributed by atoms with Crippen LogP contribution in [0.15, 0.2) is 39.7 Å². The van der Waals surface area contributed by atoms with E-state index >= 15 is 0 Å². The van der Waals surface area contributed by atoms with Crippen LogP contribution in [-0.4, -0.2) is 45.2 Å². The Bertz CT molecular complexity index is 870. The first-order valence-electron chi connectivity index (χ1n) is 7.25. The number of aromatic nitrogens is 2. The summed E-state index contributed by atoms with van der Waals surface area (Å²) in [6.45, 7) is 2.02. The molecule has 0 unspecified atom stereocenters. The van der Waals surface area contributed by atoms with Crippen LogP contribution in [0.4, 0.5) is 5.82 Å². The highest BCUT2D eigenvalue weighted by molar-refractivity contribution is 9.10. The number of amides is 1. The zero-order valence-corrected chi connectivity index (χ0v) is 16.3. The van der Waals surface area contributed by atoms with Crippen molar-refractivity contribution >= 4 is 37.7 Å². The molecule has 1 heterocycles. The molecule has 1 amide bonds. The molecule has 0 saturated heterocycles. The molecule has 0 aliphatic rings. The quantitative estimate of drug-likeness (QED) is 0.748. The zero-order chi connectivity index (χ0) is 18.6. The highest BCUT2D eigenvalue weighted by atomic mass is 79.9. The first-order chi connectivity index (χ1) is 11.7. The van der Waals surface area contributed by atoms with E-state index in [4.69, 9.17) is 4.74 Å². The van der Waals surface area contributed by atoms with Gasteiger partial charge in [-0.25, -0.2) is 13.1 Å². The summed E-state index contributed by atoms with van der Waals surface area (Å²) in [6, 6.07) is 7.49. The normalized spacial score (nSPS) is 11.0. The molecular weight excluding hydrogens is 412 g/mol. The summed E-state index contributed by atoms with van der Waals surface area (Å²) in [4.78, 5) is 13.8. The molecule has 8 nitrogen and oxygen atoms in total. The average Bonchev–Trinajstić information content (AvgIpc) is 2.56. The second-order valence-electron chi connectivity index (χ2n) is 5.13. The van der Waals surface area contributed by atoms with Crippen molar-refractivity contribution in [3.8, 4) is 5.75 Å². The summed E-state index contributed by atoms with van der Waals surface area (Å²) >= 11 is 3.21. The second-order valence-corrected chi connectivity index (χ2v) is 7.70. The van der Waals surface area contributed by atoms with Crippen LogP contribution in [-0.2, 0) is 10.0 Å². The highest BCUT2D eigenvalue weighted by Gasteiger charge is 2.24. The fraction of sp³-hybridized carbons (Fsp3) is 0.267. The minimum Gasteiger partial charge on any atom is -0.492 e. The summed E-state index contributed by atoms with van der Waals surface area (Å²) in [7, 11) is -0.593. The van der Waals surface area contributed by atoms with Crippen LogP contribution in [0.3, 0.4) is 0 Å². The maximum absolute atomic E-state index is 12.5. The van der Waals surface area contributed by atoms with Gasteiger partial charge in [0.2, 0.25) is 0 Å². The Morgan fingerprint density at radius 2 is 1.96 bits per heavy atom. The summed E-state index contributed by atoms with van der Waals surface area (Å²) in [6.07, 6.45) is 0. The van der Waals surface area contributed by atoms with E-state index < -0.39 is 15.9 Å². The van der Waals surface area contributed by atoms with E-state index in [2.05, 4.69) is 26.1 Å². The third kappa shape index (κ3) is 4.67. The first-order valence-corrected chi connectivity index (χ1v) is 9.52. The Labute approximate surface area is 154 Å². The van der Waals surface area contributed by atoms with Gasteiger partial charge in [-0.3, -0.25) is 4.79 Å². The van der Waals surface area contributed by atoms with E-state index in [0.29, 0.717) is 10.3 Å². The molecule has 1 N–H and O–H groups in total. The molecule has 0 aliphatic carbocycles. The van der Waals surface area contributed by atoms with Crippen molar-refractivity contribution in [1.29, 1.82) is 0 Å². The smallest absolute Gasteiger partial charge is 0.285 e. The number of ether oxygens (including phenoxy) is 1. The van der Waals surface area contributed by atoms with Crippen LogP contribution in [0.25, 0.3) is 0 Å². The standard InChI is InChI=1S/C15H17BrN4O4S/c1-4-24-12-7-5-10(16)9-13(12)25(22,23)19-15(21)11-6-8-14(18-17-11)20(2)3/h5-9H,4H2,1-3H3,(H,19,21). The third-order valence-corrected chi connectivity index (χ3v) is 4.91. The average molecular weight is 429 g/mol. The molecule has 0 bridgehead atoms. The fourth-order valence-electron chi connectivity index (χ4n) is 1.88. The van der Waals surface area contributed by atoms with Gasteiger partial charge in [-0.2, -0.15) is 0 Å². The largest absolute Gasteiger partial charge is 0.492 e. The van der Waals surface area contributed by atoms with Crippen molar-refractivity contribution < 1.29 is 17.9 Å². The predicted molar refractivity (Wildman–Crippen MR) is 96.3 cm³/mol. The van der Waals surface area contributed by atoms with Crippen LogP contribution in [0.2, 0.25) is 0 Å². The van der Waals surface area contributed by atoms with E-state index in [1.54, 1.807) is 38.1 Å². The Morgan fingerprint density at radius 1 is 1.24 bits per heavy atom. The molecule has 2 aromatic rings. The second kappa shape index (κ2) is 7.79. The Kier molecular flexibility index (Phi) is 5.96. The SMILES string of the molecule is CCOc1ccc(Br)cc1S(=O)(=O)NC(=O)c1ccc(N(C)C)nn1. The lowest BCUT2D eigenvalue weighted by atomic mass is 10.3. The Morgan fingerprint density at radius 3 is 2.52 bits per heavy atom. The molecular formula is C15H17BrN4O4S. The summed E-state index contributed by atoms with van der Waals surface area (Å²) < 4.78 is 32.9. The molecule has 134 valence electrons. The third-order valence-electron chi connectivity index (χ3n) is 3.06. The summed E-state index contributed by atoms with van der Waals surface area (Å²) in [5.74, 6) is -0.176. The van der Waals surface area contributed by atoms with Crippen molar-refractivity contribution in [3.05, 3.63) is 40.5 Å². The number of rotatable bonds is 6. The van der Waals surface area contributed by atoms with Crippen LogP contribution in [0, 0.1) is 0 Å². The number of sulfonamides is 1. The summed E-state index contributed by atoms with van der Waals surface area (Å²) in [5.41, 5.74) is -0.109. The van der Waals surface area contributed by atoms with Crippen LogP contribution in [0.1, 0.15) is 17.4 Å². The van der Waals surface area contributed by atoms with Gasteiger partial charge in [0.15, 0.2) is 11.5 Å². The van der Waals surface area contributed by atoms with E-state index in [1.807, 2.05) is 4.72 Å². The molecule has 0 spiro atoms.